The van der Waals surface area contributed by atoms with Gasteiger partial charge in [0.1, 0.15) is 6.10 Å². The molecule has 0 unspecified atom stereocenters. The van der Waals surface area contributed by atoms with Gasteiger partial charge in [-0.3, -0.25) is 14.4 Å². The first-order valence-corrected chi connectivity index (χ1v) is 12.9. The summed E-state index contributed by atoms with van der Waals surface area (Å²) in [5.41, 5.74) is 6.32. The SMILES string of the molecule is COC1=C2C[C@@H](C)C[C@H](OC)[C@H](O)[C@@H](C)/C=C(\C)[C@H](OC(N)=O)[C@@H](C)/C=C\C=C(/C)C(=O)NC(=CC1=O)C2=O. The molecule has 6 atom stereocenters. The third-order valence-corrected chi connectivity index (χ3v) is 6.97. The molecular formula is C29H40N2O8. The van der Waals surface area contributed by atoms with Crippen molar-refractivity contribution >= 4 is 23.6 Å². The number of nitrogens with one attached hydrogen (secondary N) is 1. The van der Waals surface area contributed by atoms with Crippen molar-refractivity contribution in [2.45, 2.75) is 65.8 Å². The molecule has 0 spiro atoms. The van der Waals surface area contributed by atoms with E-state index in [0.29, 0.717) is 12.0 Å². The monoisotopic (exact) mass is 544 g/mol. The van der Waals surface area contributed by atoms with Crippen LogP contribution in [0.1, 0.15) is 47.5 Å². The van der Waals surface area contributed by atoms with Crippen LogP contribution in [0.5, 0.6) is 0 Å². The fourth-order valence-electron chi connectivity index (χ4n) is 4.84. The number of nitrogens with two attached hydrogens (primary N) is 1. The van der Waals surface area contributed by atoms with E-state index in [2.05, 4.69) is 5.32 Å². The van der Waals surface area contributed by atoms with Crippen molar-refractivity contribution in [1.82, 2.24) is 5.32 Å². The molecule has 0 saturated heterocycles. The molecule has 2 bridgehead atoms. The zero-order valence-electron chi connectivity index (χ0n) is 23.6. The number of carbonyl (C=O) groups is 4. The predicted molar refractivity (Wildman–Crippen MR) is 145 cm³/mol. The highest BCUT2D eigenvalue weighted by molar-refractivity contribution is 6.23. The number of allylic oxidation sites excluding steroid dienone is 4. The number of hydrogen-bond donors (Lipinski definition) is 3. The summed E-state index contributed by atoms with van der Waals surface area (Å²) < 4.78 is 16.2. The van der Waals surface area contributed by atoms with E-state index in [1.54, 1.807) is 32.1 Å². The van der Waals surface area contributed by atoms with Crippen molar-refractivity contribution in [3.8, 4) is 0 Å². The molecule has 0 fully saturated rings. The van der Waals surface area contributed by atoms with E-state index in [-0.39, 0.29) is 46.8 Å². The van der Waals surface area contributed by atoms with Crippen molar-refractivity contribution in [2.75, 3.05) is 14.2 Å². The van der Waals surface area contributed by atoms with E-state index >= 15 is 0 Å². The van der Waals surface area contributed by atoms with Gasteiger partial charge in [0.2, 0.25) is 11.6 Å². The molecule has 10 heteroatoms. The fraction of sp³-hybridized carbons (Fsp3) is 0.517. The lowest BCUT2D eigenvalue weighted by Crippen LogP contribution is -2.36. The maximum absolute atomic E-state index is 13.3. The number of aliphatic hydroxyl groups excluding tert-OH is 1. The molecule has 0 aromatic heterocycles. The topological polar surface area (TPSA) is 154 Å². The Morgan fingerprint density at radius 1 is 1.10 bits per heavy atom. The molecule has 4 N–H and O–H groups in total. The highest BCUT2D eigenvalue weighted by Crippen LogP contribution is 2.29. The molecule has 39 heavy (non-hydrogen) atoms. The fourth-order valence-corrected chi connectivity index (χ4v) is 4.84. The zero-order valence-corrected chi connectivity index (χ0v) is 23.6. The van der Waals surface area contributed by atoms with Gasteiger partial charge in [0.15, 0.2) is 5.76 Å². The third-order valence-electron chi connectivity index (χ3n) is 6.97. The lowest BCUT2D eigenvalue weighted by molar-refractivity contribution is -0.120. The van der Waals surface area contributed by atoms with Crippen molar-refractivity contribution < 1.29 is 38.5 Å². The summed E-state index contributed by atoms with van der Waals surface area (Å²) in [7, 11) is 2.81. The van der Waals surface area contributed by atoms with Gasteiger partial charge >= 0.3 is 6.09 Å². The van der Waals surface area contributed by atoms with Crippen LogP contribution in [0.25, 0.3) is 0 Å². The number of methoxy groups -OCH3 is 2. The van der Waals surface area contributed by atoms with Crippen molar-refractivity contribution in [3.63, 3.8) is 0 Å². The Morgan fingerprint density at radius 2 is 1.77 bits per heavy atom. The Morgan fingerprint density at radius 3 is 2.36 bits per heavy atom. The van der Waals surface area contributed by atoms with Gasteiger partial charge in [-0.2, -0.15) is 0 Å². The average Bonchev–Trinajstić information content (AvgIpc) is 2.87. The van der Waals surface area contributed by atoms with Gasteiger partial charge in [-0.05, 0) is 38.2 Å². The molecule has 2 amide bonds. The Bertz CT molecular complexity index is 1130. The van der Waals surface area contributed by atoms with Gasteiger partial charge in [0, 0.05) is 36.2 Å². The standard InChI is InChI=1S/C29H40N2O8/c1-15-11-20-25(34)21(14-22(32)27(20)38-7)31-28(35)17(3)10-8-9-16(2)26(39-29(30)36)19(5)13-18(4)24(33)23(12-15)37-6/h8-10,13-16,18,23-24,26,33H,11-12H2,1-7H3,(H2,30,36)(H,31,35)/b9-8-,17-10+,19-13+/t15-,16+,18+,23+,24-,26-/m1/s1. The lowest BCUT2D eigenvalue weighted by atomic mass is 9.85. The summed E-state index contributed by atoms with van der Waals surface area (Å²) in [4.78, 5) is 50.5. The van der Waals surface area contributed by atoms with Crippen molar-refractivity contribution in [2.24, 2.45) is 23.5 Å². The molecule has 2 aliphatic rings. The van der Waals surface area contributed by atoms with Crippen LogP contribution in [0, 0.1) is 17.8 Å². The molecule has 10 nitrogen and oxygen atoms in total. The number of aliphatic hydroxyl groups is 1. The van der Waals surface area contributed by atoms with E-state index in [4.69, 9.17) is 19.9 Å². The van der Waals surface area contributed by atoms with Crippen LogP contribution in [-0.2, 0) is 28.6 Å². The first kappa shape index (κ1) is 31.7. The van der Waals surface area contributed by atoms with Crippen LogP contribution in [0.3, 0.4) is 0 Å². The van der Waals surface area contributed by atoms with Crippen LogP contribution in [0.15, 0.2) is 58.6 Å². The Labute approximate surface area is 229 Å². The molecule has 1 aliphatic heterocycles. The molecule has 1 aliphatic carbocycles. The summed E-state index contributed by atoms with van der Waals surface area (Å²) in [6, 6.07) is 0. The molecule has 2 rings (SSSR count). The van der Waals surface area contributed by atoms with Crippen LogP contribution in [0.4, 0.5) is 4.79 Å². The predicted octanol–water partition coefficient (Wildman–Crippen LogP) is 3.03. The van der Waals surface area contributed by atoms with Gasteiger partial charge in [0.25, 0.3) is 5.91 Å². The lowest BCUT2D eigenvalue weighted by Gasteiger charge is -2.29. The second-order valence-corrected chi connectivity index (χ2v) is 10.2. The van der Waals surface area contributed by atoms with Crippen LogP contribution in [-0.4, -0.2) is 61.2 Å². The number of rotatable bonds is 3. The highest BCUT2D eigenvalue weighted by atomic mass is 16.6. The smallest absolute Gasteiger partial charge is 0.405 e. The first-order valence-electron chi connectivity index (χ1n) is 12.9. The number of carbonyl (C=O) groups excluding carboxylic acids is 4. The average molecular weight is 545 g/mol. The first-order chi connectivity index (χ1) is 18.3. The molecule has 214 valence electrons. The summed E-state index contributed by atoms with van der Waals surface area (Å²) in [6.07, 6.45) is 5.18. The molecular weight excluding hydrogens is 504 g/mol. The van der Waals surface area contributed by atoms with E-state index in [0.717, 1.165) is 6.08 Å². The van der Waals surface area contributed by atoms with E-state index in [1.165, 1.54) is 14.2 Å². The quantitative estimate of drug-likeness (QED) is 0.362. The molecule has 0 aromatic carbocycles. The summed E-state index contributed by atoms with van der Waals surface area (Å²) in [5, 5.41) is 13.7. The Hall–Kier alpha value is -3.50. The number of Topliss-reactive ketones (excluding diaryl/α,β-unsaturated/α-hetero) is 1. The van der Waals surface area contributed by atoms with Gasteiger partial charge in [-0.1, -0.05) is 45.1 Å². The van der Waals surface area contributed by atoms with E-state index < -0.39 is 41.9 Å². The third kappa shape index (κ3) is 8.24. The Kier molecular flexibility index (Phi) is 11.4. The van der Waals surface area contributed by atoms with Gasteiger partial charge < -0.3 is 30.4 Å². The summed E-state index contributed by atoms with van der Waals surface area (Å²) >= 11 is 0. The summed E-state index contributed by atoms with van der Waals surface area (Å²) in [5.74, 6) is -2.56. The van der Waals surface area contributed by atoms with Gasteiger partial charge in [0.05, 0.1) is 25.0 Å². The minimum absolute atomic E-state index is 0.0677. The Balaban J connectivity index is 2.57. The highest BCUT2D eigenvalue weighted by Gasteiger charge is 2.33. The van der Waals surface area contributed by atoms with E-state index in [9.17, 15) is 24.3 Å². The number of ether oxygens (including phenoxy) is 3. The summed E-state index contributed by atoms with van der Waals surface area (Å²) in [6.45, 7) is 8.88. The van der Waals surface area contributed by atoms with Crippen molar-refractivity contribution in [3.05, 3.63) is 58.6 Å². The second-order valence-electron chi connectivity index (χ2n) is 10.2. The number of ketones is 2. The number of fused-ring (bicyclic) bond motifs is 2. The van der Waals surface area contributed by atoms with Gasteiger partial charge in [-0.15, -0.1) is 0 Å². The second kappa shape index (κ2) is 14.0. The van der Waals surface area contributed by atoms with Crippen molar-refractivity contribution in [1.29, 1.82) is 0 Å². The van der Waals surface area contributed by atoms with Crippen LogP contribution in [0.2, 0.25) is 0 Å². The minimum atomic E-state index is -0.933. The number of primary amides is 1. The number of amides is 2. The minimum Gasteiger partial charge on any atom is -0.492 e. The van der Waals surface area contributed by atoms with Crippen LogP contribution < -0.4 is 11.1 Å². The van der Waals surface area contributed by atoms with Crippen LogP contribution >= 0.6 is 0 Å². The normalized spacial score (nSPS) is 33.2. The molecule has 0 radical (unpaired) electrons. The zero-order chi connectivity index (χ0) is 29.4. The maximum atomic E-state index is 13.3. The molecule has 0 saturated carbocycles. The molecule has 1 heterocycles. The number of hydrogen-bond acceptors (Lipinski definition) is 8. The largest absolute Gasteiger partial charge is 0.492 e. The maximum Gasteiger partial charge on any atom is 0.405 e. The van der Waals surface area contributed by atoms with Gasteiger partial charge in [-0.25, -0.2) is 4.79 Å². The molecule has 0 aromatic rings. The van der Waals surface area contributed by atoms with E-state index in [1.807, 2.05) is 26.8 Å².